The van der Waals surface area contributed by atoms with E-state index in [9.17, 15) is 8.78 Å². The van der Waals surface area contributed by atoms with Gasteiger partial charge in [0.2, 0.25) is 0 Å². The largest absolute Gasteiger partial charge is 0.505 e. The molecule has 0 saturated heterocycles. The average Bonchev–Trinajstić information content (AvgIpc) is 2.01. The molecule has 0 aliphatic carbocycles. The second kappa shape index (κ2) is 3.46. The van der Waals surface area contributed by atoms with Gasteiger partial charge in [-0.2, -0.15) is 0 Å². The number of nitrogens with one attached hydrogen (secondary N) is 1. The molecule has 0 aliphatic rings. The van der Waals surface area contributed by atoms with Gasteiger partial charge in [-0.3, -0.25) is 0 Å². The van der Waals surface area contributed by atoms with Crippen LogP contribution in [0.3, 0.4) is 0 Å². The quantitative estimate of drug-likeness (QED) is 0.591. The van der Waals surface area contributed by atoms with Gasteiger partial charge in [0.25, 0.3) is 0 Å². The number of hydrogen-bond donors (Lipinski definition) is 3. The molecule has 0 amide bonds. The number of rotatable bonds is 2. The summed E-state index contributed by atoms with van der Waals surface area (Å²) in [6, 6.07) is 1.47. The van der Waals surface area contributed by atoms with Gasteiger partial charge >= 0.3 is 0 Å². The van der Waals surface area contributed by atoms with Crippen molar-refractivity contribution in [2.45, 2.75) is 6.54 Å². The van der Waals surface area contributed by atoms with Gasteiger partial charge in [-0.05, 0) is 6.07 Å². The summed E-state index contributed by atoms with van der Waals surface area (Å²) in [5.74, 6) is -2.42. The minimum absolute atomic E-state index is 0.0483. The van der Waals surface area contributed by atoms with E-state index in [1.165, 1.54) is 0 Å². The van der Waals surface area contributed by atoms with Gasteiger partial charge in [-0.25, -0.2) is 14.3 Å². The number of hydroxylamine groups is 1. The summed E-state index contributed by atoms with van der Waals surface area (Å²) in [6.07, 6.45) is 0. The zero-order chi connectivity index (χ0) is 9.14. The Morgan fingerprint density at radius 3 is 2.50 bits per heavy atom. The molecule has 3 nitrogen and oxygen atoms in total. The fourth-order valence-electron chi connectivity index (χ4n) is 0.798. The first-order valence-corrected chi connectivity index (χ1v) is 3.19. The van der Waals surface area contributed by atoms with E-state index in [4.69, 9.17) is 10.3 Å². The third-order valence-corrected chi connectivity index (χ3v) is 1.39. The molecule has 0 aromatic heterocycles. The fourth-order valence-corrected chi connectivity index (χ4v) is 0.798. The second-order valence-corrected chi connectivity index (χ2v) is 2.23. The van der Waals surface area contributed by atoms with E-state index in [-0.39, 0.29) is 12.1 Å². The summed E-state index contributed by atoms with van der Waals surface area (Å²) in [6.45, 7) is -0.205. The van der Waals surface area contributed by atoms with Crippen LogP contribution in [0, 0.1) is 11.6 Å². The SMILES string of the molecule is ONCc1cc(F)c(O)cc1F. The zero-order valence-corrected chi connectivity index (χ0v) is 6.01. The minimum Gasteiger partial charge on any atom is -0.505 e. The molecule has 0 atom stereocenters. The summed E-state index contributed by atoms with van der Waals surface area (Å²) in [5, 5.41) is 16.9. The second-order valence-electron chi connectivity index (χ2n) is 2.23. The molecule has 0 unspecified atom stereocenters. The van der Waals surface area contributed by atoms with Gasteiger partial charge in [0.15, 0.2) is 11.6 Å². The van der Waals surface area contributed by atoms with Crippen LogP contribution in [-0.2, 0) is 6.54 Å². The average molecular weight is 175 g/mol. The van der Waals surface area contributed by atoms with E-state index >= 15 is 0 Å². The van der Waals surface area contributed by atoms with Crippen molar-refractivity contribution in [2.24, 2.45) is 0 Å². The van der Waals surface area contributed by atoms with Crippen molar-refractivity contribution < 1.29 is 19.1 Å². The Hall–Kier alpha value is -1.20. The number of halogens is 2. The first kappa shape index (κ1) is 8.89. The maximum absolute atomic E-state index is 12.7. The topological polar surface area (TPSA) is 52.5 Å². The highest BCUT2D eigenvalue weighted by atomic mass is 19.1. The molecule has 5 heteroatoms. The van der Waals surface area contributed by atoms with E-state index < -0.39 is 17.4 Å². The van der Waals surface area contributed by atoms with Crippen LogP contribution in [0.2, 0.25) is 0 Å². The Kier molecular flexibility index (Phi) is 2.57. The summed E-state index contributed by atoms with van der Waals surface area (Å²) in [5.41, 5.74) is 1.63. The van der Waals surface area contributed by atoms with Crippen molar-refractivity contribution in [1.82, 2.24) is 5.48 Å². The normalized spacial score (nSPS) is 10.2. The monoisotopic (exact) mass is 175 g/mol. The maximum Gasteiger partial charge on any atom is 0.165 e. The molecule has 0 saturated carbocycles. The molecule has 66 valence electrons. The van der Waals surface area contributed by atoms with E-state index in [1.807, 2.05) is 0 Å². The Labute approximate surface area is 67.2 Å². The van der Waals surface area contributed by atoms with Crippen molar-refractivity contribution in [3.05, 3.63) is 29.3 Å². The Morgan fingerprint density at radius 2 is 1.92 bits per heavy atom. The van der Waals surface area contributed by atoms with E-state index in [0.29, 0.717) is 6.07 Å². The summed E-state index contributed by atoms with van der Waals surface area (Å²) < 4.78 is 25.3. The molecule has 1 aromatic rings. The number of aromatic hydroxyl groups is 1. The predicted octanol–water partition coefficient (Wildman–Crippen LogP) is 1.15. The van der Waals surface area contributed by atoms with Crippen molar-refractivity contribution in [3.63, 3.8) is 0 Å². The van der Waals surface area contributed by atoms with Crippen LogP contribution in [0.4, 0.5) is 8.78 Å². The predicted molar refractivity (Wildman–Crippen MR) is 36.6 cm³/mol. The van der Waals surface area contributed by atoms with Gasteiger partial charge in [0.1, 0.15) is 5.82 Å². The van der Waals surface area contributed by atoms with Gasteiger partial charge < -0.3 is 10.3 Å². The minimum atomic E-state index is -0.915. The van der Waals surface area contributed by atoms with E-state index in [2.05, 4.69) is 0 Å². The van der Waals surface area contributed by atoms with Gasteiger partial charge in [-0.15, -0.1) is 0 Å². The molecule has 0 bridgehead atoms. The van der Waals surface area contributed by atoms with Crippen LogP contribution in [0.5, 0.6) is 5.75 Å². The Bertz CT molecular complexity index is 291. The van der Waals surface area contributed by atoms with Crippen molar-refractivity contribution in [3.8, 4) is 5.75 Å². The van der Waals surface area contributed by atoms with E-state index in [0.717, 1.165) is 6.07 Å². The molecule has 0 spiro atoms. The molecule has 1 aromatic carbocycles. The number of phenolic OH excluding ortho intramolecular Hbond substituents is 1. The molecule has 0 aliphatic heterocycles. The Morgan fingerprint density at radius 1 is 1.25 bits per heavy atom. The van der Waals surface area contributed by atoms with Crippen LogP contribution < -0.4 is 5.48 Å². The summed E-state index contributed by atoms with van der Waals surface area (Å²) in [4.78, 5) is 0. The lowest BCUT2D eigenvalue weighted by atomic mass is 10.2. The van der Waals surface area contributed by atoms with E-state index in [1.54, 1.807) is 5.48 Å². The molecule has 0 heterocycles. The van der Waals surface area contributed by atoms with Crippen molar-refractivity contribution in [2.75, 3.05) is 0 Å². The molecule has 3 N–H and O–H groups in total. The maximum atomic E-state index is 12.7. The molecule has 1 rings (SSSR count). The highest BCUT2D eigenvalue weighted by molar-refractivity contribution is 5.29. The van der Waals surface area contributed by atoms with Crippen LogP contribution >= 0.6 is 0 Å². The molecule has 12 heavy (non-hydrogen) atoms. The van der Waals surface area contributed by atoms with Gasteiger partial charge in [0.05, 0.1) is 0 Å². The van der Waals surface area contributed by atoms with Crippen molar-refractivity contribution in [1.29, 1.82) is 0 Å². The first-order valence-electron chi connectivity index (χ1n) is 3.19. The standard InChI is InChI=1S/C7H7F2NO2/c8-5-2-7(11)6(9)1-4(5)3-10-12/h1-2,10-12H,3H2. The van der Waals surface area contributed by atoms with Crippen molar-refractivity contribution >= 4 is 0 Å². The summed E-state index contributed by atoms with van der Waals surface area (Å²) >= 11 is 0. The van der Waals surface area contributed by atoms with Crippen LogP contribution in [0.1, 0.15) is 5.56 Å². The zero-order valence-electron chi connectivity index (χ0n) is 6.01. The molecular formula is C7H7F2NO2. The highest BCUT2D eigenvalue weighted by Gasteiger charge is 2.07. The lowest BCUT2D eigenvalue weighted by Gasteiger charge is -2.02. The van der Waals surface area contributed by atoms with Crippen LogP contribution in [0.25, 0.3) is 0 Å². The summed E-state index contributed by atoms with van der Waals surface area (Å²) in [7, 11) is 0. The lowest BCUT2D eigenvalue weighted by molar-refractivity contribution is 0.160. The van der Waals surface area contributed by atoms with Crippen LogP contribution in [0.15, 0.2) is 12.1 Å². The smallest absolute Gasteiger partial charge is 0.165 e. The Balaban J connectivity index is 3.05. The molecule has 0 fully saturated rings. The number of phenols is 1. The molecule has 0 radical (unpaired) electrons. The molecular weight excluding hydrogens is 168 g/mol. The van der Waals surface area contributed by atoms with Gasteiger partial charge in [0, 0.05) is 18.2 Å². The number of benzene rings is 1. The number of hydrogen-bond acceptors (Lipinski definition) is 3. The lowest BCUT2D eigenvalue weighted by Crippen LogP contribution is -2.08. The van der Waals surface area contributed by atoms with Gasteiger partial charge in [-0.1, -0.05) is 0 Å². The third kappa shape index (κ3) is 1.69. The highest BCUT2D eigenvalue weighted by Crippen LogP contribution is 2.19. The first-order chi connectivity index (χ1) is 5.65. The third-order valence-electron chi connectivity index (χ3n) is 1.39. The van der Waals surface area contributed by atoms with Crippen LogP contribution in [-0.4, -0.2) is 10.3 Å². The fraction of sp³-hybridized carbons (Fsp3) is 0.143.